The van der Waals surface area contributed by atoms with E-state index in [1.54, 1.807) is 4.90 Å². The molecule has 0 aliphatic heterocycles. The Morgan fingerprint density at radius 2 is 2.06 bits per heavy atom. The summed E-state index contributed by atoms with van der Waals surface area (Å²) in [6.45, 7) is 8.90. The van der Waals surface area contributed by atoms with Crippen molar-refractivity contribution in [3.8, 4) is 0 Å². The van der Waals surface area contributed by atoms with Crippen LogP contribution >= 0.6 is 0 Å². The molecule has 0 unspecified atom stereocenters. The van der Waals surface area contributed by atoms with E-state index in [1.165, 1.54) is 0 Å². The second-order valence-corrected chi connectivity index (χ2v) is 4.59. The summed E-state index contributed by atoms with van der Waals surface area (Å²) in [4.78, 5) is 14.0. The Bertz CT molecular complexity index is 399. The fourth-order valence-electron chi connectivity index (χ4n) is 1.61. The minimum Gasteiger partial charge on any atom is -0.385 e. The lowest BCUT2D eigenvalue weighted by molar-refractivity contribution is 0.0756. The molecule has 0 spiro atoms. The van der Waals surface area contributed by atoms with Gasteiger partial charge in [0.05, 0.1) is 5.56 Å². The Labute approximate surface area is 104 Å². The molecular weight excluding hydrogens is 212 g/mol. The number of rotatable bonds is 4. The fourth-order valence-corrected chi connectivity index (χ4v) is 1.61. The van der Waals surface area contributed by atoms with Gasteiger partial charge in [0.25, 0.3) is 5.91 Å². The molecule has 1 aromatic rings. The van der Waals surface area contributed by atoms with Crippen LogP contribution in [0.1, 0.15) is 36.7 Å². The summed E-state index contributed by atoms with van der Waals surface area (Å²) in [5.41, 5.74) is 2.82. The number of carbonyl (C=O) groups excluding carboxylic acids is 1. The standard InChI is InChI=1S/C14H22N2O/c1-6-15-13-9-11(4)7-8-12(13)14(17)16(5)10(2)3/h7-10,15H,6H2,1-5H3. The van der Waals surface area contributed by atoms with Crippen LogP contribution in [0.2, 0.25) is 0 Å². The molecule has 0 saturated carbocycles. The molecule has 0 fully saturated rings. The first-order valence-electron chi connectivity index (χ1n) is 6.09. The van der Waals surface area contributed by atoms with Crippen LogP contribution in [0.5, 0.6) is 0 Å². The average Bonchev–Trinajstić information content (AvgIpc) is 2.27. The zero-order valence-corrected chi connectivity index (χ0v) is 11.4. The summed E-state index contributed by atoms with van der Waals surface area (Å²) in [5.74, 6) is 0.0657. The number of amides is 1. The van der Waals surface area contributed by atoms with Gasteiger partial charge < -0.3 is 10.2 Å². The second kappa shape index (κ2) is 5.71. The Morgan fingerprint density at radius 3 is 2.59 bits per heavy atom. The quantitative estimate of drug-likeness (QED) is 0.868. The summed E-state index contributed by atoms with van der Waals surface area (Å²) in [7, 11) is 1.84. The van der Waals surface area contributed by atoms with Crippen LogP contribution in [0.4, 0.5) is 5.69 Å². The third kappa shape index (κ3) is 3.22. The first-order valence-corrected chi connectivity index (χ1v) is 6.09. The Balaban J connectivity index is 3.08. The summed E-state index contributed by atoms with van der Waals surface area (Å²) in [6, 6.07) is 6.10. The van der Waals surface area contributed by atoms with Gasteiger partial charge in [-0.15, -0.1) is 0 Å². The van der Waals surface area contributed by atoms with Crippen molar-refractivity contribution >= 4 is 11.6 Å². The number of carbonyl (C=O) groups is 1. The number of hydrogen-bond donors (Lipinski definition) is 1. The van der Waals surface area contributed by atoms with Gasteiger partial charge in [-0.1, -0.05) is 6.07 Å². The van der Waals surface area contributed by atoms with Gasteiger partial charge in [-0.25, -0.2) is 0 Å². The first kappa shape index (κ1) is 13.6. The van der Waals surface area contributed by atoms with Crippen molar-refractivity contribution in [3.63, 3.8) is 0 Å². The number of benzene rings is 1. The highest BCUT2D eigenvalue weighted by atomic mass is 16.2. The van der Waals surface area contributed by atoms with Crippen molar-refractivity contribution in [2.24, 2.45) is 0 Å². The van der Waals surface area contributed by atoms with Crippen LogP contribution in [0.15, 0.2) is 18.2 Å². The summed E-state index contributed by atoms with van der Waals surface area (Å²) >= 11 is 0. The minimum atomic E-state index is 0.0657. The van der Waals surface area contributed by atoms with Gasteiger partial charge in [-0.2, -0.15) is 0 Å². The molecule has 17 heavy (non-hydrogen) atoms. The molecule has 1 aromatic carbocycles. The number of hydrogen-bond acceptors (Lipinski definition) is 2. The lowest BCUT2D eigenvalue weighted by Gasteiger charge is -2.23. The van der Waals surface area contributed by atoms with Crippen LogP contribution in [0.25, 0.3) is 0 Å². The maximum Gasteiger partial charge on any atom is 0.255 e. The molecule has 1 N–H and O–H groups in total. The molecule has 1 amide bonds. The molecule has 3 nitrogen and oxygen atoms in total. The van der Waals surface area contributed by atoms with Crippen LogP contribution in [0, 0.1) is 6.92 Å². The molecule has 3 heteroatoms. The highest BCUT2D eigenvalue weighted by molar-refractivity contribution is 5.99. The Morgan fingerprint density at radius 1 is 1.41 bits per heavy atom. The van der Waals surface area contributed by atoms with E-state index < -0.39 is 0 Å². The predicted molar refractivity (Wildman–Crippen MR) is 72.6 cm³/mol. The Hall–Kier alpha value is -1.51. The molecule has 0 aliphatic carbocycles. The average molecular weight is 234 g/mol. The minimum absolute atomic E-state index is 0.0657. The summed E-state index contributed by atoms with van der Waals surface area (Å²) in [5, 5.41) is 3.24. The van der Waals surface area contributed by atoms with Crippen molar-refractivity contribution in [2.75, 3.05) is 18.9 Å². The summed E-state index contributed by atoms with van der Waals surface area (Å²) in [6.07, 6.45) is 0. The maximum absolute atomic E-state index is 12.3. The van der Waals surface area contributed by atoms with E-state index in [0.29, 0.717) is 0 Å². The fraction of sp³-hybridized carbons (Fsp3) is 0.500. The van der Waals surface area contributed by atoms with E-state index in [0.717, 1.165) is 23.4 Å². The summed E-state index contributed by atoms with van der Waals surface area (Å²) < 4.78 is 0. The van der Waals surface area contributed by atoms with Gasteiger partial charge in [0.15, 0.2) is 0 Å². The molecule has 0 bridgehead atoms. The van der Waals surface area contributed by atoms with E-state index in [-0.39, 0.29) is 11.9 Å². The molecular formula is C14H22N2O. The normalized spacial score (nSPS) is 10.5. The molecule has 1 rings (SSSR count). The molecule has 0 radical (unpaired) electrons. The molecule has 0 saturated heterocycles. The first-order chi connectivity index (χ1) is 7.97. The Kier molecular flexibility index (Phi) is 4.55. The SMILES string of the molecule is CCNc1cc(C)ccc1C(=O)N(C)C(C)C. The van der Waals surface area contributed by atoms with Crippen molar-refractivity contribution in [2.45, 2.75) is 33.7 Å². The zero-order valence-electron chi connectivity index (χ0n) is 11.4. The predicted octanol–water partition coefficient (Wildman–Crippen LogP) is 2.91. The highest BCUT2D eigenvalue weighted by Crippen LogP contribution is 2.19. The van der Waals surface area contributed by atoms with Gasteiger partial charge in [-0.3, -0.25) is 4.79 Å². The molecule has 94 valence electrons. The van der Waals surface area contributed by atoms with Gasteiger partial charge in [0.2, 0.25) is 0 Å². The largest absolute Gasteiger partial charge is 0.385 e. The van der Waals surface area contributed by atoms with E-state index >= 15 is 0 Å². The van der Waals surface area contributed by atoms with Crippen molar-refractivity contribution in [3.05, 3.63) is 29.3 Å². The number of anilines is 1. The third-order valence-electron chi connectivity index (χ3n) is 2.87. The molecule has 0 aliphatic rings. The number of aryl methyl sites for hydroxylation is 1. The van der Waals surface area contributed by atoms with Gasteiger partial charge in [0.1, 0.15) is 0 Å². The zero-order chi connectivity index (χ0) is 13.0. The van der Waals surface area contributed by atoms with Crippen LogP contribution in [-0.4, -0.2) is 30.4 Å². The molecule has 0 heterocycles. The highest BCUT2D eigenvalue weighted by Gasteiger charge is 2.17. The molecule has 0 atom stereocenters. The van der Waals surface area contributed by atoms with E-state index in [9.17, 15) is 4.79 Å². The van der Waals surface area contributed by atoms with Crippen LogP contribution in [-0.2, 0) is 0 Å². The smallest absolute Gasteiger partial charge is 0.255 e. The monoisotopic (exact) mass is 234 g/mol. The van der Waals surface area contributed by atoms with Crippen molar-refractivity contribution in [1.29, 1.82) is 0 Å². The second-order valence-electron chi connectivity index (χ2n) is 4.59. The van der Waals surface area contributed by atoms with Gasteiger partial charge in [-0.05, 0) is 45.4 Å². The van der Waals surface area contributed by atoms with Crippen molar-refractivity contribution < 1.29 is 4.79 Å². The lowest BCUT2D eigenvalue weighted by Crippen LogP contribution is -2.33. The van der Waals surface area contributed by atoms with Crippen molar-refractivity contribution in [1.82, 2.24) is 4.90 Å². The number of nitrogens with one attached hydrogen (secondary N) is 1. The van der Waals surface area contributed by atoms with E-state index in [2.05, 4.69) is 5.32 Å². The van der Waals surface area contributed by atoms with Gasteiger partial charge in [0, 0.05) is 25.3 Å². The lowest BCUT2D eigenvalue weighted by atomic mass is 10.1. The van der Waals surface area contributed by atoms with Crippen LogP contribution in [0.3, 0.4) is 0 Å². The maximum atomic E-state index is 12.3. The third-order valence-corrected chi connectivity index (χ3v) is 2.87. The van der Waals surface area contributed by atoms with Crippen LogP contribution < -0.4 is 5.32 Å². The molecule has 0 aromatic heterocycles. The topological polar surface area (TPSA) is 32.3 Å². The van der Waals surface area contributed by atoms with Gasteiger partial charge >= 0.3 is 0 Å². The van der Waals surface area contributed by atoms with E-state index in [4.69, 9.17) is 0 Å². The van der Waals surface area contributed by atoms with E-state index in [1.807, 2.05) is 52.9 Å². The number of nitrogens with zero attached hydrogens (tertiary/aromatic N) is 1.